The Morgan fingerprint density at radius 1 is 1.19 bits per heavy atom. The highest BCUT2D eigenvalue weighted by atomic mass is 32.2. The van der Waals surface area contributed by atoms with Gasteiger partial charge in [-0.3, -0.25) is 14.6 Å². The number of sulfonamides is 1. The van der Waals surface area contributed by atoms with Crippen molar-refractivity contribution in [1.29, 1.82) is 0 Å². The second-order valence-electron chi connectivity index (χ2n) is 7.61. The fraction of sp³-hybridized carbons (Fsp3) is 0.333. The standard InChI is InChI=1S/C21H23FN4O4S/c1-13-10-15(22)6-7-17(13)25-31(28,29)19-11-18(30-14(19)2)20-16(12-23-24-20)21(27)26-8-4-3-5-9-26/h6-7,10-12,25H,3-5,8-9H2,1-2H3,(H,23,24). The molecule has 0 atom stereocenters. The van der Waals surface area contributed by atoms with Gasteiger partial charge in [0, 0.05) is 19.2 Å². The molecule has 2 aromatic heterocycles. The fourth-order valence-corrected chi connectivity index (χ4v) is 5.01. The van der Waals surface area contributed by atoms with Crippen LogP contribution in [0.2, 0.25) is 0 Å². The molecule has 2 N–H and O–H groups in total. The van der Waals surface area contributed by atoms with E-state index in [0.29, 0.717) is 29.9 Å². The van der Waals surface area contributed by atoms with E-state index in [1.807, 2.05) is 0 Å². The van der Waals surface area contributed by atoms with E-state index >= 15 is 0 Å². The molecule has 31 heavy (non-hydrogen) atoms. The predicted molar refractivity (Wildman–Crippen MR) is 113 cm³/mol. The number of halogens is 1. The van der Waals surface area contributed by atoms with Gasteiger partial charge in [-0.15, -0.1) is 0 Å². The summed E-state index contributed by atoms with van der Waals surface area (Å²) in [5.74, 6) is -0.255. The van der Waals surface area contributed by atoms with Gasteiger partial charge in [0.05, 0.1) is 17.4 Å². The van der Waals surface area contributed by atoms with E-state index in [9.17, 15) is 17.6 Å². The maximum Gasteiger partial charge on any atom is 0.265 e. The highest BCUT2D eigenvalue weighted by molar-refractivity contribution is 7.92. The molecule has 1 aliphatic rings. The van der Waals surface area contributed by atoms with Crippen molar-refractivity contribution in [1.82, 2.24) is 15.1 Å². The van der Waals surface area contributed by atoms with Gasteiger partial charge in [0.15, 0.2) is 5.76 Å². The number of carbonyl (C=O) groups excluding carboxylic acids is 1. The van der Waals surface area contributed by atoms with E-state index in [4.69, 9.17) is 4.42 Å². The maximum absolute atomic E-state index is 13.3. The average Bonchev–Trinajstić information content (AvgIpc) is 3.37. The minimum Gasteiger partial charge on any atom is -0.458 e. The Labute approximate surface area is 179 Å². The van der Waals surface area contributed by atoms with Gasteiger partial charge in [-0.25, -0.2) is 12.8 Å². The van der Waals surface area contributed by atoms with Crippen LogP contribution in [0.4, 0.5) is 10.1 Å². The van der Waals surface area contributed by atoms with E-state index in [0.717, 1.165) is 19.3 Å². The highest BCUT2D eigenvalue weighted by Crippen LogP contribution is 2.31. The molecule has 0 radical (unpaired) electrons. The van der Waals surface area contributed by atoms with Crippen LogP contribution in [0, 0.1) is 19.7 Å². The molecular weight excluding hydrogens is 423 g/mol. The molecule has 1 fully saturated rings. The molecular formula is C21H23FN4O4S. The molecule has 4 rings (SSSR count). The third kappa shape index (κ3) is 4.20. The summed E-state index contributed by atoms with van der Waals surface area (Å²) in [6.45, 7) is 4.50. The van der Waals surface area contributed by atoms with Crippen molar-refractivity contribution in [2.45, 2.75) is 38.0 Å². The van der Waals surface area contributed by atoms with Crippen LogP contribution in [-0.4, -0.2) is 42.5 Å². The first-order chi connectivity index (χ1) is 14.8. The lowest BCUT2D eigenvalue weighted by Crippen LogP contribution is -2.35. The number of aromatic amines is 1. The first kappa shape index (κ1) is 21.1. The second-order valence-corrected chi connectivity index (χ2v) is 9.26. The van der Waals surface area contributed by atoms with Crippen molar-refractivity contribution < 1.29 is 22.0 Å². The number of nitrogens with zero attached hydrogens (tertiary/aromatic N) is 2. The molecule has 1 aromatic carbocycles. The van der Waals surface area contributed by atoms with E-state index < -0.39 is 15.8 Å². The number of amides is 1. The molecule has 1 saturated heterocycles. The Bertz CT molecular complexity index is 1230. The van der Waals surface area contributed by atoms with Crippen LogP contribution in [0.5, 0.6) is 0 Å². The van der Waals surface area contributed by atoms with Crippen molar-refractivity contribution in [2.24, 2.45) is 0 Å². The summed E-state index contributed by atoms with van der Waals surface area (Å²) >= 11 is 0. The predicted octanol–water partition coefficient (Wildman–Crippen LogP) is 3.85. The number of aryl methyl sites for hydroxylation is 2. The second kappa shape index (κ2) is 8.18. The first-order valence-corrected chi connectivity index (χ1v) is 11.5. The SMILES string of the molecule is Cc1cc(F)ccc1NS(=O)(=O)c1cc(-c2[nH]ncc2C(=O)N2CCCCC2)oc1C. The minimum absolute atomic E-state index is 0.0720. The molecule has 0 bridgehead atoms. The molecule has 10 heteroatoms. The molecule has 1 amide bonds. The number of aromatic nitrogens is 2. The summed E-state index contributed by atoms with van der Waals surface area (Å²) in [6, 6.07) is 5.15. The van der Waals surface area contributed by atoms with Gasteiger partial charge >= 0.3 is 0 Å². The molecule has 164 valence electrons. The Hall–Kier alpha value is -3.14. The van der Waals surface area contributed by atoms with Gasteiger partial charge in [-0.1, -0.05) is 0 Å². The summed E-state index contributed by atoms with van der Waals surface area (Å²) < 4.78 is 47.4. The number of likely N-dealkylation sites (tertiary alicyclic amines) is 1. The molecule has 0 saturated carbocycles. The molecule has 0 unspecified atom stereocenters. The molecule has 1 aliphatic heterocycles. The van der Waals surface area contributed by atoms with Gasteiger partial charge < -0.3 is 9.32 Å². The number of hydrogen-bond acceptors (Lipinski definition) is 5. The van der Waals surface area contributed by atoms with Crippen molar-refractivity contribution in [3.63, 3.8) is 0 Å². The number of piperidine rings is 1. The smallest absolute Gasteiger partial charge is 0.265 e. The molecule has 3 aromatic rings. The van der Waals surface area contributed by atoms with Gasteiger partial charge in [0.1, 0.15) is 22.2 Å². The number of rotatable bonds is 5. The van der Waals surface area contributed by atoms with Crippen LogP contribution >= 0.6 is 0 Å². The van der Waals surface area contributed by atoms with Crippen LogP contribution in [0.25, 0.3) is 11.5 Å². The Morgan fingerprint density at radius 2 is 1.94 bits per heavy atom. The van der Waals surface area contributed by atoms with Crippen molar-refractivity contribution in [3.8, 4) is 11.5 Å². The van der Waals surface area contributed by atoms with E-state index in [1.165, 1.54) is 37.4 Å². The third-order valence-electron chi connectivity index (χ3n) is 5.35. The van der Waals surface area contributed by atoms with Crippen LogP contribution in [-0.2, 0) is 10.0 Å². The van der Waals surface area contributed by atoms with Crippen LogP contribution in [0.1, 0.15) is 40.9 Å². The van der Waals surface area contributed by atoms with Crippen LogP contribution in [0.3, 0.4) is 0 Å². The molecule has 8 nitrogen and oxygen atoms in total. The van der Waals surface area contributed by atoms with E-state index in [2.05, 4.69) is 14.9 Å². The summed E-state index contributed by atoms with van der Waals surface area (Å²) in [7, 11) is -4.00. The zero-order valence-electron chi connectivity index (χ0n) is 17.2. The lowest BCUT2D eigenvalue weighted by molar-refractivity contribution is 0.0725. The number of furan rings is 1. The quantitative estimate of drug-likeness (QED) is 0.619. The van der Waals surface area contributed by atoms with Gasteiger partial charge in [-0.05, 0) is 56.9 Å². The van der Waals surface area contributed by atoms with Crippen LogP contribution in [0.15, 0.2) is 39.8 Å². The summed E-state index contributed by atoms with van der Waals surface area (Å²) in [4.78, 5) is 14.6. The minimum atomic E-state index is -4.00. The topological polar surface area (TPSA) is 108 Å². The van der Waals surface area contributed by atoms with E-state index in [-0.39, 0.29) is 28.0 Å². The number of hydrogen-bond donors (Lipinski definition) is 2. The zero-order valence-corrected chi connectivity index (χ0v) is 18.1. The lowest BCUT2D eigenvalue weighted by Gasteiger charge is -2.26. The number of anilines is 1. The summed E-state index contributed by atoms with van der Waals surface area (Å²) in [5.41, 5.74) is 1.39. The Balaban J connectivity index is 1.64. The molecule has 3 heterocycles. The van der Waals surface area contributed by atoms with E-state index in [1.54, 1.807) is 11.8 Å². The fourth-order valence-electron chi connectivity index (χ4n) is 3.70. The van der Waals surface area contributed by atoms with Crippen LogP contribution < -0.4 is 4.72 Å². The van der Waals surface area contributed by atoms with Gasteiger partial charge in [0.25, 0.3) is 15.9 Å². The average molecular weight is 447 g/mol. The summed E-state index contributed by atoms with van der Waals surface area (Å²) in [6.07, 6.45) is 4.44. The lowest BCUT2D eigenvalue weighted by atomic mass is 10.1. The Kier molecular flexibility index (Phi) is 5.57. The van der Waals surface area contributed by atoms with Gasteiger partial charge in [-0.2, -0.15) is 5.10 Å². The number of carbonyl (C=O) groups is 1. The monoisotopic (exact) mass is 446 g/mol. The number of H-pyrrole nitrogens is 1. The van der Waals surface area contributed by atoms with Crippen molar-refractivity contribution in [3.05, 3.63) is 53.2 Å². The first-order valence-electron chi connectivity index (χ1n) is 9.98. The van der Waals surface area contributed by atoms with Crippen molar-refractivity contribution >= 4 is 21.6 Å². The molecule has 0 aliphatic carbocycles. The number of nitrogens with one attached hydrogen (secondary N) is 2. The van der Waals surface area contributed by atoms with Crippen molar-refractivity contribution in [2.75, 3.05) is 17.8 Å². The molecule has 0 spiro atoms. The largest absolute Gasteiger partial charge is 0.458 e. The maximum atomic E-state index is 13.3. The van der Waals surface area contributed by atoms with Gasteiger partial charge in [0.2, 0.25) is 0 Å². The zero-order chi connectivity index (χ0) is 22.2. The normalized spacial score (nSPS) is 14.6. The number of benzene rings is 1. The third-order valence-corrected chi connectivity index (χ3v) is 6.83. The summed E-state index contributed by atoms with van der Waals surface area (Å²) in [5, 5.41) is 6.72. The highest BCUT2D eigenvalue weighted by Gasteiger charge is 2.27. The Morgan fingerprint density at radius 3 is 2.65 bits per heavy atom.